The van der Waals surface area contributed by atoms with Gasteiger partial charge in [0.05, 0.1) is 7.11 Å². The summed E-state index contributed by atoms with van der Waals surface area (Å²) in [6.07, 6.45) is 3.24. The van der Waals surface area contributed by atoms with Crippen LogP contribution in [-0.4, -0.2) is 25.5 Å². The highest BCUT2D eigenvalue weighted by Crippen LogP contribution is 2.18. The number of ether oxygens (including phenoxy) is 1. The Balaban J connectivity index is 1.75. The van der Waals surface area contributed by atoms with Gasteiger partial charge in [0, 0.05) is 28.4 Å². The molecule has 0 spiro atoms. The van der Waals surface area contributed by atoms with Crippen molar-refractivity contribution in [1.82, 2.24) is 0 Å². The Kier molecular flexibility index (Phi) is 6.59. The van der Waals surface area contributed by atoms with E-state index in [0.29, 0.717) is 17.1 Å². The average molecular weight is 392 g/mol. The fourth-order valence-electron chi connectivity index (χ4n) is 2.58. The topological polar surface area (TPSA) is 58.6 Å². The molecule has 0 saturated heterocycles. The molecule has 5 nitrogen and oxygen atoms in total. The van der Waals surface area contributed by atoms with Gasteiger partial charge < -0.3 is 10.1 Å². The van der Waals surface area contributed by atoms with E-state index in [4.69, 9.17) is 4.74 Å². The van der Waals surface area contributed by atoms with E-state index in [-0.39, 0.29) is 18.4 Å². The van der Waals surface area contributed by atoms with Gasteiger partial charge in [-0.05, 0) is 41.8 Å². The molecule has 0 aliphatic rings. The summed E-state index contributed by atoms with van der Waals surface area (Å²) in [6.45, 7) is -0.102. The maximum Gasteiger partial charge on any atom is 0.251 e. The van der Waals surface area contributed by atoms with E-state index >= 15 is 0 Å². The molecule has 0 bridgehead atoms. The van der Waals surface area contributed by atoms with Crippen molar-refractivity contribution in [3.8, 4) is 5.75 Å². The van der Waals surface area contributed by atoms with Gasteiger partial charge in [-0.25, -0.2) is 0 Å². The maximum atomic E-state index is 12.8. The molecule has 142 valence electrons. The van der Waals surface area contributed by atoms with Crippen LogP contribution in [0.2, 0.25) is 0 Å². The first-order valence-corrected chi connectivity index (χ1v) is 9.56. The van der Waals surface area contributed by atoms with E-state index in [1.54, 1.807) is 60.9 Å². The molecule has 3 aromatic rings. The second kappa shape index (κ2) is 9.53. The predicted molar refractivity (Wildman–Crippen MR) is 114 cm³/mol. The number of hydrogen-bond acceptors (Lipinski definition) is 4. The summed E-state index contributed by atoms with van der Waals surface area (Å²) in [5, 5.41) is 4.75. The number of methoxy groups -OCH3 is 1. The molecule has 3 rings (SSSR count). The average Bonchev–Trinajstić information content (AvgIpc) is 3.25. The molecule has 0 aliphatic carbocycles. The van der Waals surface area contributed by atoms with E-state index in [2.05, 4.69) is 5.32 Å². The zero-order chi connectivity index (χ0) is 19.8. The molecular weight excluding hydrogens is 372 g/mol. The minimum atomic E-state index is -0.296. The van der Waals surface area contributed by atoms with Crippen LogP contribution in [0.4, 0.5) is 11.4 Å². The van der Waals surface area contributed by atoms with Crippen molar-refractivity contribution in [1.29, 1.82) is 0 Å². The Labute approximate surface area is 167 Å². The number of carbonyl (C=O) groups is 2. The lowest BCUT2D eigenvalue weighted by atomic mass is 10.2. The van der Waals surface area contributed by atoms with Crippen molar-refractivity contribution < 1.29 is 14.3 Å². The number of nitrogens with zero attached hydrogens (tertiary/aromatic N) is 1. The second-order valence-electron chi connectivity index (χ2n) is 5.89. The Morgan fingerprint density at radius 2 is 1.89 bits per heavy atom. The summed E-state index contributed by atoms with van der Waals surface area (Å²) in [4.78, 5) is 27.8. The zero-order valence-electron chi connectivity index (χ0n) is 15.4. The minimum Gasteiger partial charge on any atom is -0.497 e. The summed E-state index contributed by atoms with van der Waals surface area (Å²) >= 11 is 1.54. The Morgan fingerprint density at radius 1 is 1.07 bits per heavy atom. The molecule has 28 heavy (non-hydrogen) atoms. The Bertz CT molecular complexity index is 953. The second-order valence-corrected chi connectivity index (χ2v) is 6.87. The summed E-state index contributed by atoms with van der Waals surface area (Å²) in [6, 6.07) is 20.1. The number of hydrogen-bond donors (Lipinski definition) is 1. The van der Waals surface area contributed by atoms with Crippen LogP contribution in [0.3, 0.4) is 0 Å². The SMILES string of the molecule is COc1cccc(NC(=O)CN(C(=O)/C=C/c2cccs2)c2ccccc2)c1. The van der Waals surface area contributed by atoms with Gasteiger partial charge >= 0.3 is 0 Å². The van der Waals surface area contributed by atoms with Crippen LogP contribution in [-0.2, 0) is 9.59 Å². The van der Waals surface area contributed by atoms with Crippen LogP contribution in [0, 0.1) is 0 Å². The lowest BCUT2D eigenvalue weighted by Crippen LogP contribution is -2.37. The molecule has 0 saturated carbocycles. The monoisotopic (exact) mass is 392 g/mol. The third-order valence-corrected chi connectivity index (χ3v) is 4.76. The molecule has 1 heterocycles. The van der Waals surface area contributed by atoms with E-state index in [1.165, 1.54) is 11.0 Å². The number of thiophene rings is 1. The van der Waals surface area contributed by atoms with Gasteiger partial charge in [0.25, 0.3) is 5.91 Å². The molecule has 0 radical (unpaired) electrons. The standard InChI is InChI=1S/C22H20N2O3S/c1-27-19-10-5-7-17(15-19)23-21(25)16-24(18-8-3-2-4-9-18)22(26)13-12-20-11-6-14-28-20/h2-15H,16H2,1H3,(H,23,25)/b13-12+. The largest absolute Gasteiger partial charge is 0.497 e. The van der Waals surface area contributed by atoms with Gasteiger partial charge in [-0.3, -0.25) is 14.5 Å². The van der Waals surface area contributed by atoms with Gasteiger partial charge in [0.1, 0.15) is 12.3 Å². The summed E-state index contributed by atoms with van der Waals surface area (Å²) in [7, 11) is 1.57. The molecule has 6 heteroatoms. The van der Waals surface area contributed by atoms with Gasteiger partial charge in [0.2, 0.25) is 5.91 Å². The lowest BCUT2D eigenvalue weighted by Gasteiger charge is -2.21. The van der Waals surface area contributed by atoms with Crippen molar-refractivity contribution in [3.63, 3.8) is 0 Å². The molecule has 2 amide bonds. The third kappa shape index (κ3) is 5.31. The Morgan fingerprint density at radius 3 is 2.61 bits per heavy atom. The number of carbonyl (C=O) groups excluding carboxylic acids is 2. The number of amides is 2. The molecule has 1 N–H and O–H groups in total. The predicted octanol–water partition coefficient (Wildman–Crippen LogP) is 4.44. The summed E-state index contributed by atoms with van der Waals surface area (Å²) in [5.41, 5.74) is 1.27. The third-order valence-electron chi connectivity index (χ3n) is 3.92. The quantitative estimate of drug-likeness (QED) is 0.605. The van der Waals surface area contributed by atoms with E-state index in [9.17, 15) is 9.59 Å². The molecule has 0 fully saturated rings. The molecule has 1 aromatic heterocycles. The normalized spacial score (nSPS) is 10.6. The van der Waals surface area contributed by atoms with Crippen LogP contribution < -0.4 is 15.0 Å². The first kappa shape index (κ1) is 19.4. The Hall–Kier alpha value is -3.38. The highest BCUT2D eigenvalue weighted by atomic mass is 32.1. The fraction of sp³-hybridized carbons (Fsp3) is 0.0909. The maximum absolute atomic E-state index is 12.8. The van der Waals surface area contributed by atoms with Crippen molar-refractivity contribution >= 4 is 40.6 Å². The van der Waals surface area contributed by atoms with Crippen LogP contribution in [0.1, 0.15) is 4.88 Å². The lowest BCUT2D eigenvalue weighted by molar-refractivity contribution is -0.119. The number of nitrogens with one attached hydrogen (secondary N) is 1. The summed E-state index contributed by atoms with van der Waals surface area (Å²) in [5.74, 6) is 0.0862. The van der Waals surface area contributed by atoms with Crippen LogP contribution in [0.25, 0.3) is 6.08 Å². The number of para-hydroxylation sites is 1. The summed E-state index contributed by atoms with van der Waals surface area (Å²) < 4.78 is 5.17. The highest BCUT2D eigenvalue weighted by molar-refractivity contribution is 7.10. The van der Waals surface area contributed by atoms with Crippen LogP contribution in [0.15, 0.2) is 78.2 Å². The molecule has 0 unspecified atom stereocenters. The van der Waals surface area contributed by atoms with Gasteiger partial charge in [-0.15, -0.1) is 11.3 Å². The van der Waals surface area contributed by atoms with Gasteiger partial charge in [0.15, 0.2) is 0 Å². The van der Waals surface area contributed by atoms with Crippen molar-refractivity contribution in [2.45, 2.75) is 0 Å². The van der Waals surface area contributed by atoms with Gasteiger partial charge in [-0.2, -0.15) is 0 Å². The highest BCUT2D eigenvalue weighted by Gasteiger charge is 2.17. The van der Waals surface area contributed by atoms with E-state index in [0.717, 1.165) is 4.88 Å². The van der Waals surface area contributed by atoms with Gasteiger partial charge in [-0.1, -0.05) is 30.3 Å². The van der Waals surface area contributed by atoms with Crippen molar-refractivity contribution in [2.24, 2.45) is 0 Å². The smallest absolute Gasteiger partial charge is 0.251 e. The molecular formula is C22H20N2O3S. The first-order valence-electron chi connectivity index (χ1n) is 8.68. The zero-order valence-corrected chi connectivity index (χ0v) is 16.2. The van der Waals surface area contributed by atoms with E-state index in [1.807, 2.05) is 35.7 Å². The molecule has 0 aliphatic heterocycles. The fourth-order valence-corrected chi connectivity index (χ4v) is 3.20. The van der Waals surface area contributed by atoms with Crippen LogP contribution in [0.5, 0.6) is 5.75 Å². The number of benzene rings is 2. The first-order chi connectivity index (χ1) is 13.7. The molecule has 0 atom stereocenters. The molecule has 2 aromatic carbocycles. The minimum absolute atomic E-state index is 0.102. The van der Waals surface area contributed by atoms with Crippen molar-refractivity contribution in [2.75, 3.05) is 23.9 Å². The number of rotatable bonds is 7. The number of anilines is 2. The van der Waals surface area contributed by atoms with E-state index < -0.39 is 0 Å². The van der Waals surface area contributed by atoms with Crippen molar-refractivity contribution in [3.05, 3.63) is 83.1 Å². The van der Waals surface area contributed by atoms with Crippen LogP contribution >= 0.6 is 11.3 Å².